The highest BCUT2D eigenvalue weighted by atomic mass is 16.2. The van der Waals surface area contributed by atoms with Crippen molar-refractivity contribution in [3.05, 3.63) is 35.9 Å². The van der Waals surface area contributed by atoms with Gasteiger partial charge in [-0.15, -0.1) is 0 Å². The monoisotopic (exact) mass is 227 g/mol. The summed E-state index contributed by atoms with van der Waals surface area (Å²) < 4.78 is 0. The van der Waals surface area contributed by atoms with Crippen molar-refractivity contribution in [2.24, 2.45) is 17.8 Å². The molecule has 4 rings (SSSR count). The van der Waals surface area contributed by atoms with Crippen LogP contribution in [0.3, 0.4) is 0 Å². The van der Waals surface area contributed by atoms with E-state index >= 15 is 0 Å². The van der Waals surface area contributed by atoms with E-state index in [4.69, 9.17) is 0 Å². The maximum atomic E-state index is 12.2. The number of rotatable bonds is 2. The van der Waals surface area contributed by atoms with Crippen LogP contribution in [0.25, 0.3) is 0 Å². The van der Waals surface area contributed by atoms with Gasteiger partial charge in [0.25, 0.3) is 0 Å². The first-order chi connectivity index (χ1) is 8.34. The van der Waals surface area contributed by atoms with Gasteiger partial charge >= 0.3 is 0 Å². The first-order valence-electron chi connectivity index (χ1n) is 6.69. The van der Waals surface area contributed by atoms with Crippen LogP contribution in [-0.2, 0) is 11.3 Å². The molecule has 1 aromatic rings. The van der Waals surface area contributed by atoms with Gasteiger partial charge in [0.05, 0.1) is 5.92 Å². The number of benzene rings is 1. The second-order valence-electron chi connectivity index (χ2n) is 5.80. The highest BCUT2D eigenvalue weighted by molar-refractivity contribution is 5.87. The summed E-state index contributed by atoms with van der Waals surface area (Å²) in [6, 6.07) is 11.0. The Kier molecular flexibility index (Phi) is 1.91. The van der Waals surface area contributed by atoms with Crippen LogP contribution in [-0.4, -0.2) is 16.8 Å². The third-order valence-corrected chi connectivity index (χ3v) is 5.00. The van der Waals surface area contributed by atoms with Crippen LogP contribution >= 0.6 is 0 Å². The first kappa shape index (κ1) is 9.69. The molecule has 2 nitrogen and oxygen atoms in total. The van der Waals surface area contributed by atoms with E-state index in [1.54, 1.807) is 0 Å². The van der Waals surface area contributed by atoms with Crippen molar-refractivity contribution in [2.45, 2.75) is 31.8 Å². The molecule has 2 bridgehead atoms. The summed E-state index contributed by atoms with van der Waals surface area (Å²) >= 11 is 0. The number of likely N-dealkylation sites (tertiary alicyclic amines) is 1. The fourth-order valence-corrected chi connectivity index (χ4v) is 4.28. The Hall–Kier alpha value is -1.31. The normalized spacial score (nSPS) is 38.1. The number of amides is 1. The molecule has 1 saturated heterocycles. The van der Waals surface area contributed by atoms with E-state index in [2.05, 4.69) is 29.2 Å². The van der Waals surface area contributed by atoms with E-state index in [1.807, 2.05) is 6.07 Å². The smallest absolute Gasteiger partial charge is 0.228 e. The molecular formula is C15H17NO. The van der Waals surface area contributed by atoms with Gasteiger partial charge in [-0.05, 0) is 36.7 Å². The SMILES string of the molecule is O=C1[C@H]2[C@H]3CC[C@@H](C3)[C@H]2N1Cc1ccccc1. The van der Waals surface area contributed by atoms with Crippen molar-refractivity contribution in [3.8, 4) is 0 Å². The lowest BCUT2D eigenvalue weighted by Gasteiger charge is -2.49. The molecule has 17 heavy (non-hydrogen) atoms. The molecule has 0 unspecified atom stereocenters. The van der Waals surface area contributed by atoms with E-state index in [0.29, 0.717) is 17.9 Å². The molecule has 1 heterocycles. The lowest BCUT2D eigenvalue weighted by molar-refractivity contribution is -0.161. The number of β-lactam (4-membered cyclic amide) rings is 1. The maximum absolute atomic E-state index is 12.2. The first-order valence-corrected chi connectivity index (χ1v) is 6.69. The zero-order valence-electron chi connectivity index (χ0n) is 9.88. The Labute approximate surface area is 102 Å². The van der Waals surface area contributed by atoms with Gasteiger partial charge in [-0.25, -0.2) is 0 Å². The van der Waals surface area contributed by atoms with E-state index in [9.17, 15) is 4.79 Å². The molecule has 2 saturated carbocycles. The van der Waals surface area contributed by atoms with Crippen LogP contribution in [0.4, 0.5) is 0 Å². The minimum Gasteiger partial charge on any atom is -0.334 e. The highest BCUT2D eigenvalue weighted by Gasteiger charge is 2.61. The molecule has 4 atom stereocenters. The van der Waals surface area contributed by atoms with Crippen LogP contribution in [0, 0.1) is 17.8 Å². The molecule has 1 aromatic carbocycles. The van der Waals surface area contributed by atoms with Crippen LogP contribution < -0.4 is 0 Å². The molecular weight excluding hydrogens is 210 g/mol. The summed E-state index contributed by atoms with van der Waals surface area (Å²) in [4.78, 5) is 14.3. The van der Waals surface area contributed by atoms with Gasteiger partial charge in [-0.1, -0.05) is 30.3 Å². The van der Waals surface area contributed by atoms with E-state index in [-0.39, 0.29) is 0 Å². The molecule has 3 aliphatic rings. The van der Waals surface area contributed by atoms with Gasteiger partial charge in [0.2, 0.25) is 5.91 Å². The van der Waals surface area contributed by atoms with Gasteiger partial charge in [0.1, 0.15) is 0 Å². The number of hydrogen-bond donors (Lipinski definition) is 0. The second-order valence-corrected chi connectivity index (χ2v) is 5.80. The molecule has 0 N–H and O–H groups in total. The van der Waals surface area contributed by atoms with Crippen molar-refractivity contribution in [1.82, 2.24) is 4.90 Å². The van der Waals surface area contributed by atoms with Gasteiger partial charge in [0, 0.05) is 12.6 Å². The average molecular weight is 227 g/mol. The summed E-state index contributed by atoms with van der Waals surface area (Å²) in [7, 11) is 0. The van der Waals surface area contributed by atoms with Crippen LogP contribution in [0.5, 0.6) is 0 Å². The van der Waals surface area contributed by atoms with Crippen molar-refractivity contribution in [1.29, 1.82) is 0 Å². The van der Waals surface area contributed by atoms with E-state index in [0.717, 1.165) is 18.4 Å². The third-order valence-electron chi connectivity index (χ3n) is 5.00. The van der Waals surface area contributed by atoms with Crippen LogP contribution in [0.2, 0.25) is 0 Å². The quantitative estimate of drug-likeness (QED) is 0.711. The van der Waals surface area contributed by atoms with E-state index in [1.165, 1.54) is 24.8 Å². The lowest BCUT2D eigenvalue weighted by Crippen LogP contribution is -2.62. The molecule has 1 amide bonds. The Morgan fingerprint density at radius 1 is 1.12 bits per heavy atom. The Morgan fingerprint density at radius 2 is 1.88 bits per heavy atom. The van der Waals surface area contributed by atoms with Crippen LogP contribution in [0.1, 0.15) is 24.8 Å². The highest BCUT2D eigenvalue weighted by Crippen LogP contribution is 2.56. The topological polar surface area (TPSA) is 20.3 Å². The molecule has 2 heteroatoms. The summed E-state index contributed by atoms with van der Waals surface area (Å²) in [5.74, 6) is 2.36. The number of carbonyl (C=O) groups is 1. The minimum atomic E-state index is 0.400. The number of hydrogen-bond acceptors (Lipinski definition) is 1. The number of nitrogens with zero attached hydrogens (tertiary/aromatic N) is 1. The largest absolute Gasteiger partial charge is 0.334 e. The predicted octanol–water partition coefficient (Wildman–Crippen LogP) is 2.44. The minimum absolute atomic E-state index is 0.400. The van der Waals surface area contributed by atoms with Crippen LogP contribution in [0.15, 0.2) is 30.3 Å². The third kappa shape index (κ3) is 1.24. The molecule has 88 valence electrons. The zero-order valence-corrected chi connectivity index (χ0v) is 9.88. The maximum Gasteiger partial charge on any atom is 0.228 e. The van der Waals surface area contributed by atoms with Crippen molar-refractivity contribution in [3.63, 3.8) is 0 Å². The summed E-state index contributed by atoms with van der Waals surface area (Å²) in [5, 5.41) is 0. The Morgan fingerprint density at radius 3 is 2.71 bits per heavy atom. The standard InChI is InChI=1S/C15H17NO/c17-15-13-11-6-7-12(8-11)14(13)16(15)9-10-4-2-1-3-5-10/h1-5,11-14H,6-9H2/t11-,12-,13-,14+/m0/s1. The van der Waals surface area contributed by atoms with Crippen molar-refractivity contribution >= 4 is 5.91 Å². The fourth-order valence-electron chi connectivity index (χ4n) is 4.28. The summed E-state index contributed by atoms with van der Waals surface area (Å²) in [6.45, 7) is 0.823. The van der Waals surface area contributed by atoms with Gasteiger partial charge in [-0.3, -0.25) is 4.79 Å². The van der Waals surface area contributed by atoms with Crippen molar-refractivity contribution in [2.75, 3.05) is 0 Å². The summed E-state index contributed by atoms with van der Waals surface area (Å²) in [6.07, 6.45) is 3.97. The molecule has 3 fully saturated rings. The van der Waals surface area contributed by atoms with Gasteiger partial charge < -0.3 is 4.90 Å². The Bertz CT molecular complexity index is 455. The predicted molar refractivity (Wildman–Crippen MR) is 65.1 cm³/mol. The molecule has 1 aliphatic heterocycles. The molecule has 0 radical (unpaired) electrons. The van der Waals surface area contributed by atoms with Crippen molar-refractivity contribution < 1.29 is 4.79 Å². The second kappa shape index (κ2) is 3.34. The zero-order chi connectivity index (χ0) is 11.4. The number of carbonyl (C=O) groups excluding carboxylic acids is 1. The molecule has 0 aromatic heterocycles. The van der Waals surface area contributed by atoms with Gasteiger partial charge in [-0.2, -0.15) is 0 Å². The van der Waals surface area contributed by atoms with E-state index < -0.39 is 0 Å². The average Bonchev–Trinajstić information content (AvgIpc) is 2.95. The lowest BCUT2D eigenvalue weighted by atomic mass is 9.76. The number of fused-ring (bicyclic) bond motifs is 5. The Balaban J connectivity index is 1.55. The molecule has 0 spiro atoms. The molecule has 2 aliphatic carbocycles. The fraction of sp³-hybridized carbons (Fsp3) is 0.533. The summed E-state index contributed by atoms with van der Waals surface area (Å²) in [5.41, 5.74) is 1.27. The van der Waals surface area contributed by atoms with Gasteiger partial charge in [0.15, 0.2) is 0 Å².